The van der Waals surface area contributed by atoms with Crippen molar-refractivity contribution >= 4 is 39.4 Å². The zero-order valence-corrected chi connectivity index (χ0v) is 12.1. The van der Waals surface area contributed by atoms with Gasteiger partial charge in [0.15, 0.2) is 0 Å². The van der Waals surface area contributed by atoms with Crippen molar-refractivity contribution < 1.29 is 4.79 Å². The van der Waals surface area contributed by atoms with Crippen LogP contribution in [0.5, 0.6) is 0 Å². The smallest absolute Gasteiger partial charge is 0.235 e. The second-order valence-corrected chi connectivity index (χ2v) is 5.65. The molecular weight excluding hydrogens is 314 g/mol. The number of rotatable bonds is 4. The number of carbonyl (C=O) groups excluding carboxylic acids is 1. The predicted molar refractivity (Wildman–Crippen MR) is 76.8 cm³/mol. The van der Waals surface area contributed by atoms with Crippen LogP contribution in [0.3, 0.4) is 0 Å². The molecule has 0 aliphatic carbocycles. The Morgan fingerprint density at radius 1 is 1.50 bits per heavy atom. The highest BCUT2D eigenvalue weighted by molar-refractivity contribution is 9.10. The molecule has 94 valence electrons. The Kier molecular flexibility index (Phi) is 4.43. The van der Waals surface area contributed by atoms with E-state index in [1.54, 1.807) is 12.3 Å². The number of aryl methyl sites for hydroxylation is 1. The fourth-order valence-electron chi connectivity index (χ4n) is 1.43. The molecule has 6 heteroatoms. The molecule has 0 atom stereocenters. The van der Waals surface area contributed by atoms with Crippen molar-refractivity contribution in [2.45, 2.75) is 11.8 Å². The largest absolute Gasteiger partial charge is 0.310 e. The second kappa shape index (κ2) is 6.06. The number of nitrogens with zero attached hydrogens (tertiary/aromatic N) is 1. The Labute approximate surface area is 118 Å². The normalized spacial score (nSPS) is 10.3. The van der Waals surface area contributed by atoms with Crippen molar-refractivity contribution in [3.05, 3.63) is 40.5 Å². The van der Waals surface area contributed by atoms with Crippen LogP contribution in [-0.4, -0.2) is 21.9 Å². The molecule has 0 spiro atoms. The Morgan fingerprint density at radius 2 is 2.33 bits per heavy atom. The van der Waals surface area contributed by atoms with Crippen LogP contribution in [0.2, 0.25) is 0 Å². The SMILES string of the molecule is Cc1cc(Br)ccc1SCC(=O)Nc1ccn[nH]1. The maximum absolute atomic E-state index is 11.7. The Morgan fingerprint density at radius 3 is 3.00 bits per heavy atom. The number of anilines is 1. The quantitative estimate of drug-likeness (QED) is 0.848. The van der Waals surface area contributed by atoms with E-state index >= 15 is 0 Å². The molecular formula is C12H12BrN3OS. The Balaban J connectivity index is 1.89. The third-order valence-corrected chi connectivity index (χ3v) is 3.94. The lowest BCUT2D eigenvalue weighted by Crippen LogP contribution is -2.14. The van der Waals surface area contributed by atoms with Crippen molar-refractivity contribution in [2.24, 2.45) is 0 Å². The summed E-state index contributed by atoms with van der Waals surface area (Å²) in [6.45, 7) is 2.03. The number of halogens is 1. The van der Waals surface area contributed by atoms with Gasteiger partial charge in [0.2, 0.25) is 5.91 Å². The van der Waals surface area contributed by atoms with Gasteiger partial charge < -0.3 is 5.32 Å². The predicted octanol–water partition coefficient (Wildman–Crippen LogP) is 3.21. The molecule has 1 heterocycles. The molecule has 2 N–H and O–H groups in total. The minimum atomic E-state index is -0.0495. The number of H-pyrrole nitrogens is 1. The summed E-state index contributed by atoms with van der Waals surface area (Å²) in [6, 6.07) is 7.73. The van der Waals surface area contributed by atoms with Crippen LogP contribution in [0.4, 0.5) is 5.82 Å². The highest BCUT2D eigenvalue weighted by Crippen LogP contribution is 2.25. The molecule has 1 aromatic heterocycles. The van der Waals surface area contributed by atoms with Gasteiger partial charge in [-0.15, -0.1) is 11.8 Å². The highest BCUT2D eigenvalue weighted by atomic mass is 79.9. The minimum Gasteiger partial charge on any atom is -0.310 e. The number of aromatic nitrogens is 2. The average molecular weight is 326 g/mol. The molecule has 0 unspecified atom stereocenters. The zero-order valence-electron chi connectivity index (χ0n) is 9.74. The number of hydrogen-bond acceptors (Lipinski definition) is 3. The summed E-state index contributed by atoms with van der Waals surface area (Å²) in [4.78, 5) is 12.8. The number of hydrogen-bond donors (Lipinski definition) is 2. The van der Waals surface area contributed by atoms with Crippen molar-refractivity contribution in [1.29, 1.82) is 0 Å². The van der Waals surface area contributed by atoms with Crippen molar-refractivity contribution in [1.82, 2.24) is 10.2 Å². The van der Waals surface area contributed by atoms with Gasteiger partial charge in [0.05, 0.1) is 11.9 Å². The summed E-state index contributed by atoms with van der Waals surface area (Å²) in [7, 11) is 0. The number of thioether (sulfide) groups is 1. The molecule has 0 aliphatic rings. The molecule has 0 fully saturated rings. The van der Waals surface area contributed by atoms with Gasteiger partial charge in [-0.1, -0.05) is 15.9 Å². The molecule has 0 bridgehead atoms. The third kappa shape index (κ3) is 3.61. The molecule has 0 saturated carbocycles. The molecule has 0 saturated heterocycles. The van der Waals surface area contributed by atoms with Gasteiger partial charge in [0, 0.05) is 15.4 Å². The van der Waals surface area contributed by atoms with Crippen molar-refractivity contribution in [2.75, 3.05) is 11.1 Å². The van der Waals surface area contributed by atoms with Crippen LogP contribution in [0.25, 0.3) is 0 Å². The van der Waals surface area contributed by atoms with E-state index in [1.807, 2.05) is 25.1 Å². The van der Waals surface area contributed by atoms with Gasteiger partial charge >= 0.3 is 0 Å². The first-order valence-corrected chi connectivity index (χ1v) is 7.11. The first-order chi connectivity index (χ1) is 8.65. The first kappa shape index (κ1) is 13.2. The van der Waals surface area contributed by atoms with Crippen LogP contribution in [-0.2, 0) is 4.79 Å². The van der Waals surface area contributed by atoms with E-state index < -0.39 is 0 Å². The maximum Gasteiger partial charge on any atom is 0.235 e. The number of aromatic amines is 1. The summed E-state index contributed by atoms with van der Waals surface area (Å²) < 4.78 is 1.05. The zero-order chi connectivity index (χ0) is 13.0. The van der Waals surface area contributed by atoms with Crippen molar-refractivity contribution in [3.63, 3.8) is 0 Å². The monoisotopic (exact) mass is 325 g/mol. The summed E-state index contributed by atoms with van der Waals surface area (Å²) in [5.41, 5.74) is 1.16. The summed E-state index contributed by atoms with van der Waals surface area (Å²) >= 11 is 4.94. The molecule has 18 heavy (non-hydrogen) atoms. The summed E-state index contributed by atoms with van der Waals surface area (Å²) in [5, 5.41) is 9.19. The van der Waals surface area contributed by atoms with Crippen LogP contribution in [0.1, 0.15) is 5.56 Å². The number of nitrogens with one attached hydrogen (secondary N) is 2. The van der Waals surface area contributed by atoms with Crippen LogP contribution in [0.15, 0.2) is 39.8 Å². The lowest BCUT2D eigenvalue weighted by molar-refractivity contribution is -0.113. The average Bonchev–Trinajstić information content (AvgIpc) is 2.80. The lowest BCUT2D eigenvalue weighted by atomic mass is 10.2. The lowest BCUT2D eigenvalue weighted by Gasteiger charge is -2.06. The molecule has 1 amide bonds. The fourth-order valence-corrected chi connectivity index (χ4v) is 2.72. The highest BCUT2D eigenvalue weighted by Gasteiger charge is 2.06. The van der Waals surface area contributed by atoms with E-state index in [4.69, 9.17) is 0 Å². The van der Waals surface area contributed by atoms with Gasteiger partial charge in [-0.25, -0.2) is 0 Å². The van der Waals surface area contributed by atoms with Gasteiger partial charge in [-0.05, 0) is 30.7 Å². The molecule has 2 aromatic rings. The van der Waals surface area contributed by atoms with Crippen LogP contribution < -0.4 is 5.32 Å². The fraction of sp³-hybridized carbons (Fsp3) is 0.167. The molecule has 4 nitrogen and oxygen atoms in total. The van der Waals surface area contributed by atoms with E-state index in [9.17, 15) is 4.79 Å². The van der Waals surface area contributed by atoms with Crippen molar-refractivity contribution in [3.8, 4) is 0 Å². The molecule has 2 rings (SSSR count). The molecule has 1 aromatic carbocycles. The standard InChI is InChI=1S/C12H12BrN3OS/c1-8-6-9(13)2-3-10(8)18-7-12(17)15-11-4-5-14-16-11/h2-6H,7H2,1H3,(H2,14,15,16,17). The molecule has 0 aliphatic heterocycles. The van der Waals surface area contributed by atoms with E-state index in [2.05, 4.69) is 31.4 Å². The third-order valence-electron chi connectivity index (χ3n) is 2.27. The topological polar surface area (TPSA) is 57.8 Å². The number of carbonyl (C=O) groups is 1. The van der Waals surface area contributed by atoms with Gasteiger partial charge in [-0.2, -0.15) is 5.10 Å². The maximum atomic E-state index is 11.7. The van der Waals surface area contributed by atoms with Crippen LogP contribution >= 0.6 is 27.7 Å². The van der Waals surface area contributed by atoms with Gasteiger partial charge in [0.25, 0.3) is 0 Å². The van der Waals surface area contributed by atoms with Crippen LogP contribution in [0, 0.1) is 6.92 Å². The molecule has 0 radical (unpaired) electrons. The first-order valence-electron chi connectivity index (χ1n) is 5.33. The Hall–Kier alpha value is -1.27. The van der Waals surface area contributed by atoms with E-state index in [1.165, 1.54) is 11.8 Å². The van der Waals surface area contributed by atoms with E-state index in [0.29, 0.717) is 11.6 Å². The summed E-state index contributed by atoms with van der Waals surface area (Å²) in [6.07, 6.45) is 1.60. The van der Waals surface area contributed by atoms with Gasteiger partial charge in [0.1, 0.15) is 5.82 Å². The van der Waals surface area contributed by atoms with E-state index in [-0.39, 0.29) is 5.91 Å². The van der Waals surface area contributed by atoms with E-state index in [0.717, 1.165) is 14.9 Å². The number of amides is 1. The minimum absolute atomic E-state index is 0.0495. The van der Waals surface area contributed by atoms with Gasteiger partial charge in [-0.3, -0.25) is 9.89 Å². The Bertz CT molecular complexity index is 542. The number of benzene rings is 1. The summed E-state index contributed by atoms with van der Waals surface area (Å²) in [5.74, 6) is 0.946. The second-order valence-electron chi connectivity index (χ2n) is 3.72.